The lowest BCUT2D eigenvalue weighted by molar-refractivity contribution is -0.137. The van der Waals surface area contributed by atoms with Crippen molar-refractivity contribution in [3.63, 3.8) is 0 Å². The highest BCUT2D eigenvalue weighted by Crippen LogP contribution is 2.41. The van der Waals surface area contributed by atoms with Gasteiger partial charge >= 0.3 is 6.18 Å². The van der Waals surface area contributed by atoms with Gasteiger partial charge in [-0.3, -0.25) is 0 Å². The van der Waals surface area contributed by atoms with Gasteiger partial charge in [-0.25, -0.2) is 9.97 Å². The number of rotatable bonds is 3. The molecule has 1 aromatic carbocycles. The third-order valence-corrected chi connectivity index (χ3v) is 3.74. The Labute approximate surface area is 125 Å². The van der Waals surface area contributed by atoms with Crippen LogP contribution < -0.4 is 0 Å². The summed E-state index contributed by atoms with van der Waals surface area (Å²) >= 11 is 5.86. The van der Waals surface area contributed by atoms with Crippen molar-refractivity contribution in [3.8, 4) is 11.4 Å². The lowest BCUT2D eigenvalue weighted by atomic mass is 10.1. The topological polar surface area (TPSA) is 25.8 Å². The van der Waals surface area contributed by atoms with Gasteiger partial charge in [-0.1, -0.05) is 12.1 Å². The fraction of sp³-hybridized carbons (Fsp3) is 0.333. The van der Waals surface area contributed by atoms with Crippen molar-refractivity contribution in [3.05, 3.63) is 47.3 Å². The number of hydrogen-bond acceptors (Lipinski definition) is 2. The van der Waals surface area contributed by atoms with Crippen LogP contribution in [0.1, 0.15) is 35.6 Å². The molecule has 110 valence electrons. The molecule has 2 aromatic rings. The number of halogens is 4. The largest absolute Gasteiger partial charge is 0.416 e. The molecule has 1 aliphatic rings. The van der Waals surface area contributed by atoms with Crippen molar-refractivity contribution < 1.29 is 13.2 Å². The maximum Gasteiger partial charge on any atom is 0.416 e. The second-order valence-electron chi connectivity index (χ2n) is 5.09. The molecule has 0 bridgehead atoms. The zero-order chi connectivity index (χ0) is 15.0. The van der Waals surface area contributed by atoms with Crippen molar-refractivity contribution >= 4 is 11.6 Å². The average molecular weight is 313 g/mol. The minimum absolute atomic E-state index is 0.314. The van der Waals surface area contributed by atoms with Crippen molar-refractivity contribution in [2.45, 2.75) is 30.8 Å². The van der Waals surface area contributed by atoms with Gasteiger partial charge in [0.2, 0.25) is 0 Å². The van der Waals surface area contributed by atoms with Gasteiger partial charge in [-0.2, -0.15) is 13.2 Å². The summed E-state index contributed by atoms with van der Waals surface area (Å²) in [4.78, 5) is 8.59. The Morgan fingerprint density at radius 2 is 2.00 bits per heavy atom. The summed E-state index contributed by atoms with van der Waals surface area (Å²) in [5.41, 5.74) is 1.40. The Bertz CT molecular complexity index is 666. The van der Waals surface area contributed by atoms with Gasteiger partial charge in [0, 0.05) is 23.2 Å². The van der Waals surface area contributed by atoms with E-state index in [1.54, 1.807) is 12.3 Å². The third kappa shape index (κ3) is 3.02. The van der Waals surface area contributed by atoms with E-state index in [0.29, 0.717) is 23.2 Å². The lowest BCUT2D eigenvalue weighted by Crippen LogP contribution is -2.05. The summed E-state index contributed by atoms with van der Waals surface area (Å²) < 4.78 is 38.3. The zero-order valence-electron chi connectivity index (χ0n) is 11.0. The predicted octanol–water partition coefficient (Wildman–Crippen LogP) is 4.78. The van der Waals surface area contributed by atoms with Crippen LogP contribution in [0.15, 0.2) is 30.5 Å². The van der Waals surface area contributed by atoms with Crippen molar-refractivity contribution in [2.24, 2.45) is 0 Å². The van der Waals surface area contributed by atoms with Gasteiger partial charge in [0.15, 0.2) is 5.82 Å². The quantitative estimate of drug-likeness (QED) is 0.762. The fourth-order valence-corrected chi connectivity index (χ4v) is 2.41. The van der Waals surface area contributed by atoms with Crippen LogP contribution in [0.5, 0.6) is 0 Å². The summed E-state index contributed by atoms with van der Waals surface area (Å²) in [6, 6.07) is 5.07. The molecule has 0 saturated heterocycles. The predicted molar refractivity (Wildman–Crippen MR) is 74.0 cm³/mol. The first-order valence-electron chi connectivity index (χ1n) is 6.58. The van der Waals surface area contributed by atoms with Gasteiger partial charge in [-0.05, 0) is 25.0 Å². The van der Waals surface area contributed by atoms with Crippen LogP contribution in [0.4, 0.5) is 13.2 Å². The van der Waals surface area contributed by atoms with Gasteiger partial charge < -0.3 is 0 Å². The molecule has 0 radical (unpaired) electrons. The van der Waals surface area contributed by atoms with Gasteiger partial charge in [0.05, 0.1) is 17.1 Å². The first-order valence-corrected chi connectivity index (χ1v) is 7.12. The Hall–Kier alpha value is -1.62. The van der Waals surface area contributed by atoms with E-state index in [4.69, 9.17) is 11.6 Å². The van der Waals surface area contributed by atoms with Crippen LogP contribution in [0.3, 0.4) is 0 Å². The summed E-state index contributed by atoms with van der Waals surface area (Å²) in [5, 5.41) is 0. The number of nitrogens with zero attached hydrogens (tertiary/aromatic N) is 2. The minimum Gasteiger partial charge on any atom is -0.236 e. The second kappa shape index (κ2) is 5.30. The molecule has 2 nitrogen and oxygen atoms in total. The van der Waals surface area contributed by atoms with Crippen LogP contribution >= 0.6 is 11.6 Å². The Kier molecular flexibility index (Phi) is 3.61. The summed E-state index contributed by atoms with van der Waals surface area (Å²) in [6.07, 6.45) is -0.666. The molecule has 1 heterocycles. The Morgan fingerprint density at radius 3 is 2.62 bits per heavy atom. The molecule has 0 unspecified atom stereocenters. The molecular weight excluding hydrogens is 301 g/mol. The highest BCUT2D eigenvalue weighted by atomic mass is 35.5. The number of aromatic nitrogens is 2. The van der Waals surface area contributed by atoms with Crippen LogP contribution in [0, 0.1) is 0 Å². The Balaban J connectivity index is 2.02. The fourth-order valence-electron chi connectivity index (χ4n) is 2.21. The number of benzene rings is 1. The minimum atomic E-state index is -4.37. The zero-order valence-corrected chi connectivity index (χ0v) is 11.7. The summed E-state index contributed by atoms with van der Waals surface area (Å²) in [6.45, 7) is 0. The van der Waals surface area contributed by atoms with Crippen LogP contribution in [-0.2, 0) is 12.1 Å². The molecule has 21 heavy (non-hydrogen) atoms. The van der Waals surface area contributed by atoms with E-state index in [-0.39, 0.29) is 0 Å². The monoisotopic (exact) mass is 312 g/mol. The van der Waals surface area contributed by atoms with Crippen LogP contribution in [0.2, 0.25) is 0 Å². The van der Waals surface area contributed by atoms with E-state index in [1.165, 1.54) is 6.07 Å². The molecule has 0 aliphatic heterocycles. The van der Waals surface area contributed by atoms with Crippen molar-refractivity contribution in [1.29, 1.82) is 0 Å². The molecule has 1 fully saturated rings. The second-order valence-corrected chi connectivity index (χ2v) is 5.36. The van der Waals surface area contributed by atoms with Crippen LogP contribution in [-0.4, -0.2) is 9.97 Å². The molecular formula is C15H12ClF3N2. The first kappa shape index (κ1) is 14.3. The molecule has 0 amide bonds. The number of hydrogen-bond donors (Lipinski definition) is 0. The molecule has 1 aromatic heterocycles. The normalized spacial score (nSPS) is 15.2. The van der Waals surface area contributed by atoms with E-state index in [0.717, 1.165) is 36.2 Å². The van der Waals surface area contributed by atoms with E-state index in [9.17, 15) is 13.2 Å². The average Bonchev–Trinajstić information content (AvgIpc) is 3.30. The van der Waals surface area contributed by atoms with Crippen LogP contribution in [0.25, 0.3) is 11.4 Å². The molecule has 3 rings (SSSR count). The lowest BCUT2D eigenvalue weighted by Gasteiger charge is -2.10. The summed E-state index contributed by atoms with van der Waals surface area (Å²) in [5.74, 6) is 0.998. The Morgan fingerprint density at radius 1 is 1.24 bits per heavy atom. The van der Waals surface area contributed by atoms with E-state index in [2.05, 4.69) is 9.97 Å². The molecule has 6 heteroatoms. The molecule has 0 atom stereocenters. The highest BCUT2D eigenvalue weighted by Gasteiger charge is 2.31. The SMILES string of the molecule is FC(F)(F)c1cccc(-c2ncc(CCl)c(C3CC3)n2)c1. The van der Waals surface area contributed by atoms with E-state index >= 15 is 0 Å². The standard InChI is InChI=1S/C15H12ClF3N2/c16-7-11-8-20-14(21-13(11)9-4-5-9)10-2-1-3-12(6-10)15(17,18)19/h1-3,6,8-9H,4-5,7H2. The maximum atomic E-state index is 12.8. The number of alkyl halides is 4. The summed E-state index contributed by atoms with van der Waals surface area (Å²) in [7, 11) is 0. The van der Waals surface area contributed by atoms with Crippen molar-refractivity contribution in [1.82, 2.24) is 9.97 Å². The van der Waals surface area contributed by atoms with E-state index in [1.807, 2.05) is 0 Å². The smallest absolute Gasteiger partial charge is 0.236 e. The van der Waals surface area contributed by atoms with Gasteiger partial charge in [-0.15, -0.1) is 11.6 Å². The third-order valence-electron chi connectivity index (χ3n) is 3.45. The van der Waals surface area contributed by atoms with Gasteiger partial charge in [0.25, 0.3) is 0 Å². The highest BCUT2D eigenvalue weighted by molar-refractivity contribution is 6.17. The molecule has 1 saturated carbocycles. The molecule has 0 spiro atoms. The van der Waals surface area contributed by atoms with Crippen molar-refractivity contribution in [2.75, 3.05) is 0 Å². The van der Waals surface area contributed by atoms with Gasteiger partial charge in [0.1, 0.15) is 0 Å². The first-order chi connectivity index (χ1) is 9.99. The molecule has 1 aliphatic carbocycles. The maximum absolute atomic E-state index is 12.8. The molecule has 0 N–H and O–H groups in total. The van der Waals surface area contributed by atoms with E-state index < -0.39 is 11.7 Å².